The highest BCUT2D eigenvalue weighted by Crippen LogP contribution is 2.45. The normalized spacial score (nSPS) is 21.8. The molecular formula is C26H26N4O. The van der Waals surface area contributed by atoms with Crippen molar-refractivity contribution in [2.24, 2.45) is 18.1 Å². The van der Waals surface area contributed by atoms with Crippen LogP contribution < -0.4 is 0 Å². The van der Waals surface area contributed by atoms with Crippen molar-refractivity contribution in [1.29, 1.82) is 0 Å². The van der Waals surface area contributed by atoms with Crippen LogP contribution in [-0.2, 0) is 7.05 Å². The fourth-order valence-corrected chi connectivity index (χ4v) is 4.73. The fraction of sp³-hybridized carbons (Fsp3) is 0.269. The Morgan fingerprint density at radius 2 is 1.77 bits per heavy atom. The van der Waals surface area contributed by atoms with Crippen molar-refractivity contribution >= 4 is 17.7 Å². The van der Waals surface area contributed by atoms with Gasteiger partial charge in [0.1, 0.15) is 0 Å². The predicted molar refractivity (Wildman–Crippen MR) is 122 cm³/mol. The number of benzene rings is 2. The van der Waals surface area contributed by atoms with Crippen LogP contribution in [0.25, 0.3) is 6.08 Å². The Balaban J connectivity index is 1.59. The van der Waals surface area contributed by atoms with Crippen LogP contribution in [0.4, 0.5) is 0 Å². The number of hydrazone groups is 1. The van der Waals surface area contributed by atoms with Gasteiger partial charge in [0, 0.05) is 18.7 Å². The first-order valence-electron chi connectivity index (χ1n) is 10.8. The summed E-state index contributed by atoms with van der Waals surface area (Å²) in [6.07, 6.45) is 7.00. The minimum Gasteiger partial charge on any atom is -0.272 e. The molecule has 5 nitrogen and oxygen atoms in total. The second-order valence-corrected chi connectivity index (χ2v) is 8.34. The number of nitrogens with zero attached hydrogens (tertiary/aromatic N) is 4. The summed E-state index contributed by atoms with van der Waals surface area (Å²) in [5.41, 5.74) is 6.06. The molecule has 2 atom stereocenters. The van der Waals surface area contributed by atoms with E-state index in [0.717, 1.165) is 36.2 Å². The number of carbonyl (C=O) groups is 1. The third-order valence-electron chi connectivity index (χ3n) is 6.46. The van der Waals surface area contributed by atoms with E-state index >= 15 is 0 Å². The van der Waals surface area contributed by atoms with Crippen molar-refractivity contribution in [3.05, 3.63) is 94.8 Å². The molecule has 2 heterocycles. The maximum atomic E-state index is 13.6. The van der Waals surface area contributed by atoms with Crippen molar-refractivity contribution < 1.29 is 4.79 Å². The van der Waals surface area contributed by atoms with Gasteiger partial charge in [0.15, 0.2) is 0 Å². The van der Waals surface area contributed by atoms with E-state index in [1.54, 1.807) is 15.9 Å². The highest BCUT2D eigenvalue weighted by atomic mass is 16.2. The molecule has 3 aromatic rings. The van der Waals surface area contributed by atoms with Crippen LogP contribution in [-0.4, -0.2) is 26.4 Å². The number of rotatable bonds is 3. The average Bonchev–Trinajstić information content (AvgIpc) is 3.36. The van der Waals surface area contributed by atoms with E-state index in [0.29, 0.717) is 5.56 Å². The second kappa shape index (κ2) is 7.99. The average molecular weight is 411 g/mol. The Bertz CT molecular complexity index is 1160. The van der Waals surface area contributed by atoms with Crippen molar-refractivity contribution in [2.45, 2.75) is 32.2 Å². The summed E-state index contributed by atoms with van der Waals surface area (Å²) in [6.45, 7) is 1.93. The molecule has 156 valence electrons. The van der Waals surface area contributed by atoms with Crippen LogP contribution in [0.3, 0.4) is 0 Å². The molecule has 2 aliphatic rings. The Hall–Kier alpha value is -3.47. The predicted octanol–water partition coefficient (Wildman–Crippen LogP) is 5.17. The number of hydrogen-bond acceptors (Lipinski definition) is 3. The molecule has 1 aromatic heterocycles. The van der Waals surface area contributed by atoms with Crippen molar-refractivity contribution in [3.8, 4) is 0 Å². The van der Waals surface area contributed by atoms with Crippen molar-refractivity contribution in [1.82, 2.24) is 14.8 Å². The van der Waals surface area contributed by atoms with Gasteiger partial charge >= 0.3 is 0 Å². The molecule has 1 aliphatic heterocycles. The van der Waals surface area contributed by atoms with E-state index in [1.165, 1.54) is 11.1 Å². The number of carbonyl (C=O) groups excluding carboxylic acids is 1. The standard InChI is InChI=1S/C26H26N4O/c1-18-23(17-27-29(18)2)26(31)30-25(20-12-7-4-8-13-20)22-15-9-14-21(24(22)28-30)16-19-10-5-3-6-11-19/h3-8,10-13,16-17,22,25H,9,14-15H2,1-2H3/b21-16+/t22-,25-/m0/s1. The summed E-state index contributed by atoms with van der Waals surface area (Å²) >= 11 is 0. The van der Waals surface area contributed by atoms with Crippen LogP contribution in [0.2, 0.25) is 0 Å². The molecule has 1 fully saturated rings. The largest absolute Gasteiger partial charge is 0.278 e. The lowest BCUT2D eigenvalue weighted by Crippen LogP contribution is -2.32. The van der Waals surface area contributed by atoms with Crippen LogP contribution in [0, 0.1) is 12.8 Å². The zero-order chi connectivity index (χ0) is 21.4. The van der Waals surface area contributed by atoms with E-state index in [1.807, 2.05) is 38.2 Å². The molecular weight excluding hydrogens is 384 g/mol. The minimum absolute atomic E-state index is 0.0829. The van der Waals surface area contributed by atoms with Crippen LogP contribution >= 0.6 is 0 Å². The van der Waals surface area contributed by atoms with Gasteiger partial charge in [-0.3, -0.25) is 9.48 Å². The molecule has 0 spiro atoms. The van der Waals surface area contributed by atoms with Gasteiger partial charge < -0.3 is 0 Å². The third-order valence-corrected chi connectivity index (χ3v) is 6.46. The van der Waals surface area contributed by atoms with E-state index in [9.17, 15) is 4.79 Å². The SMILES string of the molecule is Cc1c(C(=O)N2N=C3/C(=C/c4ccccc4)CCC[C@@H]3[C@@H]2c2ccccc2)cnn1C. The summed E-state index contributed by atoms with van der Waals surface area (Å²) in [7, 11) is 1.86. The summed E-state index contributed by atoms with van der Waals surface area (Å²) in [6, 6.07) is 20.6. The topological polar surface area (TPSA) is 50.5 Å². The zero-order valence-corrected chi connectivity index (χ0v) is 17.9. The summed E-state index contributed by atoms with van der Waals surface area (Å²) < 4.78 is 1.74. The summed E-state index contributed by atoms with van der Waals surface area (Å²) in [5, 5.41) is 11.0. The lowest BCUT2D eigenvalue weighted by molar-refractivity contribution is 0.0680. The van der Waals surface area contributed by atoms with Gasteiger partial charge in [-0.2, -0.15) is 10.2 Å². The first-order chi connectivity index (χ1) is 15.1. The molecule has 5 rings (SSSR count). The van der Waals surface area contributed by atoms with Gasteiger partial charge in [-0.1, -0.05) is 60.7 Å². The molecule has 1 aliphatic carbocycles. The maximum Gasteiger partial charge on any atom is 0.278 e. The number of aromatic nitrogens is 2. The first-order valence-corrected chi connectivity index (χ1v) is 10.8. The van der Waals surface area contributed by atoms with Gasteiger partial charge in [-0.05, 0) is 49.0 Å². The molecule has 1 amide bonds. The van der Waals surface area contributed by atoms with Crippen molar-refractivity contribution in [2.75, 3.05) is 0 Å². The lowest BCUT2D eigenvalue weighted by atomic mass is 9.77. The lowest BCUT2D eigenvalue weighted by Gasteiger charge is -2.29. The third kappa shape index (κ3) is 3.50. The number of hydrogen-bond donors (Lipinski definition) is 0. The van der Waals surface area contributed by atoms with Gasteiger partial charge in [0.25, 0.3) is 5.91 Å². The Kier molecular flexibility index (Phi) is 5.02. The minimum atomic E-state index is -0.0946. The smallest absolute Gasteiger partial charge is 0.272 e. The number of fused-ring (bicyclic) bond motifs is 1. The zero-order valence-electron chi connectivity index (χ0n) is 17.9. The molecule has 2 aromatic carbocycles. The first kappa shape index (κ1) is 19.5. The van der Waals surface area contributed by atoms with Crippen molar-refractivity contribution in [3.63, 3.8) is 0 Å². The second-order valence-electron chi connectivity index (χ2n) is 8.34. The van der Waals surface area contributed by atoms with Gasteiger partial charge in [-0.15, -0.1) is 0 Å². The quantitative estimate of drug-likeness (QED) is 0.598. The molecule has 0 radical (unpaired) electrons. The van der Waals surface area contributed by atoms with Crippen LogP contribution in [0.15, 0.2) is 77.5 Å². The van der Waals surface area contributed by atoms with E-state index in [4.69, 9.17) is 5.10 Å². The molecule has 0 bridgehead atoms. The fourth-order valence-electron chi connectivity index (χ4n) is 4.73. The number of amides is 1. The Morgan fingerprint density at radius 3 is 2.45 bits per heavy atom. The summed E-state index contributed by atoms with van der Waals surface area (Å²) in [4.78, 5) is 13.6. The Morgan fingerprint density at radius 1 is 1.06 bits per heavy atom. The van der Waals surface area contributed by atoms with E-state index in [-0.39, 0.29) is 17.9 Å². The summed E-state index contributed by atoms with van der Waals surface area (Å²) in [5.74, 6) is 0.118. The molecule has 1 saturated carbocycles. The van der Waals surface area contributed by atoms with E-state index in [2.05, 4.69) is 47.6 Å². The van der Waals surface area contributed by atoms with Crippen LogP contribution in [0.1, 0.15) is 52.5 Å². The van der Waals surface area contributed by atoms with E-state index < -0.39 is 0 Å². The van der Waals surface area contributed by atoms with Gasteiger partial charge in [0.05, 0.1) is 23.5 Å². The Labute approximate surface area is 182 Å². The molecule has 0 unspecified atom stereocenters. The molecule has 0 N–H and O–H groups in total. The molecule has 31 heavy (non-hydrogen) atoms. The monoisotopic (exact) mass is 410 g/mol. The van der Waals surface area contributed by atoms with Gasteiger partial charge in [-0.25, -0.2) is 5.01 Å². The van der Waals surface area contributed by atoms with Gasteiger partial charge in [0.2, 0.25) is 0 Å². The number of aryl methyl sites for hydroxylation is 1. The number of allylic oxidation sites excluding steroid dienone is 1. The maximum absolute atomic E-state index is 13.6. The highest BCUT2D eigenvalue weighted by molar-refractivity contribution is 6.09. The van der Waals surface area contributed by atoms with Crippen LogP contribution in [0.5, 0.6) is 0 Å². The molecule has 0 saturated heterocycles. The highest BCUT2D eigenvalue weighted by Gasteiger charge is 2.44. The molecule has 5 heteroatoms.